The number of esters is 1. The number of nitrogens with zero attached hydrogens (tertiary/aromatic N) is 5. The number of benzene rings is 1. The number of hydrogen-bond acceptors (Lipinski definition) is 19. The van der Waals surface area contributed by atoms with Crippen molar-refractivity contribution >= 4 is 77.4 Å². The van der Waals surface area contributed by atoms with E-state index in [4.69, 9.17) is 62.2 Å². The van der Waals surface area contributed by atoms with Crippen LogP contribution in [0.25, 0.3) is 11.0 Å². The molecule has 0 aliphatic carbocycles. The Morgan fingerprint density at radius 3 is 2.14 bits per heavy atom. The number of carbonyl (C=O) groups excluding carboxylic acids is 7. The number of aliphatic hydroxyl groups is 2. The minimum Gasteiger partial charge on any atom is -0.452 e. The molecule has 3 fully saturated rings. The van der Waals surface area contributed by atoms with Crippen LogP contribution in [0.3, 0.4) is 0 Å². The van der Waals surface area contributed by atoms with Gasteiger partial charge in [-0.2, -0.15) is 0 Å². The van der Waals surface area contributed by atoms with Crippen molar-refractivity contribution in [2.45, 2.75) is 195 Å². The van der Waals surface area contributed by atoms with Crippen LogP contribution in [-0.2, 0) is 56.6 Å². The topological polar surface area (TPSA) is 443 Å². The molecule has 90 heavy (non-hydrogen) atoms. The molecule has 7 aliphatic heterocycles. The predicted molar refractivity (Wildman–Crippen MR) is 330 cm³/mol. The van der Waals surface area contributed by atoms with Crippen LogP contribution in [0.1, 0.15) is 150 Å². The number of imidazole rings is 1. The Labute approximate surface area is 522 Å². The van der Waals surface area contributed by atoms with Gasteiger partial charge in [0, 0.05) is 114 Å². The van der Waals surface area contributed by atoms with Gasteiger partial charge in [-0.15, -0.1) is 0 Å². The minimum atomic E-state index is -5.07. The monoisotopic (exact) mass is 1270 g/mol. The summed E-state index contributed by atoms with van der Waals surface area (Å²) in [5.41, 5.74) is 29.4. The number of phosphoric acid groups is 1. The average molecular weight is 1270 g/mol. The number of rotatable bonds is 24. The van der Waals surface area contributed by atoms with E-state index in [1.807, 2.05) is 87.4 Å². The Morgan fingerprint density at radius 2 is 1.52 bits per heavy atom. The summed E-state index contributed by atoms with van der Waals surface area (Å²) >= 11 is 0. The first kappa shape index (κ1) is 67.4. The van der Waals surface area contributed by atoms with E-state index in [1.165, 1.54) is 13.3 Å². The van der Waals surface area contributed by atoms with E-state index in [0.717, 1.165) is 11.1 Å². The largest absolute Gasteiger partial charge is 0.472 e. The summed E-state index contributed by atoms with van der Waals surface area (Å²) in [7, 11) is -5.07. The van der Waals surface area contributed by atoms with Crippen LogP contribution in [-0.4, -0.2) is 138 Å². The van der Waals surface area contributed by atoms with Crippen molar-refractivity contribution in [2.24, 2.45) is 83.1 Å². The Kier molecular flexibility index (Phi) is 18.1. The number of amides is 6. The number of ether oxygens (including phenoxy) is 2. The maximum absolute atomic E-state index is 14.4. The van der Waals surface area contributed by atoms with Gasteiger partial charge in [0.05, 0.1) is 59.2 Å². The van der Waals surface area contributed by atoms with Crippen LogP contribution in [0.2, 0.25) is 0 Å². The number of allylic oxidation sites excluding steroid dienone is 4. The van der Waals surface area contributed by atoms with Crippen molar-refractivity contribution in [2.75, 3.05) is 13.2 Å². The molecule has 15 atom stereocenters. The summed E-state index contributed by atoms with van der Waals surface area (Å²) in [6.45, 7) is 19.2. The van der Waals surface area contributed by atoms with Crippen molar-refractivity contribution in [3.05, 3.63) is 63.9 Å². The number of primary amides is 5. The summed E-state index contributed by atoms with van der Waals surface area (Å²) in [6, 6.07) is 2.70. The van der Waals surface area contributed by atoms with Crippen LogP contribution in [0.5, 0.6) is 0 Å². The zero-order valence-corrected chi connectivity index (χ0v) is 53.9. The molecule has 7 aliphatic rings. The van der Waals surface area contributed by atoms with E-state index in [9.17, 15) is 53.2 Å². The minimum absolute atomic E-state index is 0.0123. The third-order valence-corrected chi connectivity index (χ3v) is 22.2. The van der Waals surface area contributed by atoms with Crippen molar-refractivity contribution < 1.29 is 71.8 Å². The van der Waals surface area contributed by atoms with Gasteiger partial charge in [0.1, 0.15) is 18.3 Å². The molecule has 2 aromatic rings. The number of phosphoric ester groups is 1. The number of nitrogens with two attached hydrogens (primary N) is 5. The van der Waals surface area contributed by atoms with E-state index < -0.39 is 143 Å². The van der Waals surface area contributed by atoms with Gasteiger partial charge in [0.2, 0.25) is 35.4 Å². The van der Waals surface area contributed by atoms with E-state index in [2.05, 4.69) is 15.6 Å². The number of aromatic nitrogens is 2. The van der Waals surface area contributed by atoms with Crippen LogP contribution in [0.15, 0.2) is 67.8 Å². The highest BCUT2D eigenvalue weighted by Gasteiger charge is 2.69. The van der Waals surface area contributed by atoms with Crippen molar-refractivity contribution in [1.29, 1.82) is 0 Å². The highest BCUT2D eigenvalue weighted by molar-refractivity contribution is 7.47. The first-order valence-corrected chi connectivity index (χ1v) is 32.0. The van der Waals surface area contributed by atoms with Crippen LogP contribution < -0.4 is 39.3 Å². The van der Waals surface area contributed by atoms with E-state index in [0.29, 0.717) is 56.4 Å². The van der Waals surface area contributed by atoms with Gasteiger partial charge in [0.15, 0.2) is 11.8 Å². The fourth-order valence-corrected chi connectivity index (χ4v) is 16.9. The molecule has 15 N–H and O–H groups in total. The average Bonchev–Trinajstić information content (AvgIpc) is 1.53. The second-order valence-corrected chi connectivity index (χ2v) is 28.6. The molecule has 8 bridgehead atoms. The third-order valence-electron chi connectivity index (χ3n) is 21.0. The first-order valence-electron chi connectivity index (χ1n) is 30.6. The number of carbonyl (C=O) groups is 7. The van der Waals surface area contributed by atoms with Crippen molar-refractivity contribution in [1.82, 2.24) is 20.2 Å². The van der Waals surface area contributed by atoms with Crippen molar-refractivity contribution in [3.8, 4) is 0 Å². The lowest BCUT2D eigenvalue weighted by Gasteiger charge is -2.48. The molecule has 3 saturated heterocycles. The summed E-state index contributed by atoms with van der Waals surface area (Å²) in [5, 5.41) is 28.2. The third kappa shape index (κ3) is 11.6. The van der Waals surface area contributed by atoms with E-state index in [1.54, 1.807) is 4.57 Å². The summed E-state index contributed by atoms with van der Waals surface area (Å²) < 4.78 is 38.7. The molecule has 1 aromatic heterocycles. The van der Waals surface area contributed by atoms with Gasteiger partial charge in [-0.3, -0.25) is 57.6 Å². The Morgan fingerprint density at radius 1 is 0.878 bits per heavy atom. The number of fused-ring (bicyclic) bond motifs is 10. The van der Waals surface area contributed by atoms with E-state index in [-0.39, 0.29) is 77.2 Å². The molecule has 27 nitrogen and oxygen atoms in total. The molecule has 1 aromatic carbocycles. The number of nitrogens with one attached hydrogen (secondary N) is 2. The van der Waals surface area contributed by atoms with Gasteiger partial charge in [-0.1, -0.05) is 27.7 Å². The molecule has 8 heterocycles. The Balaban J connectivity index is 1.10. The highest BCUT2D eigenvalue weighted by atomic mass is 31.2. The lowest BCUT2D eigenvalue weighted by molar-refractivity contribution is -0.148. The molecular formula is C62H87N12O15P. The molecule has 490 valence electrons. The fraction of sp³-hybridized carbons (Fsp3) is 0.629. The van der Waals surface area contributed by atoms with Crippen molar-refractivity contribution in [3.63, 3.8) is 0 Å². The van der Waals surface area contributed by atoms with Crippen LogP contribution in [0.4, 0.5) is 0 Å². The molecule has 28 heteroatoms. The quantitative estimate of drug-likeness (QED) is 0.0532. The molecule has 6 amide bonds. The van der Waals surface area contributed by atoms with Gasteiger partial charge < -0.3 is 68.4 Å². The molecule has 1 unspecified atom stereocenters. The highest BCUT2D eigenvalue weighted by Crippen LogP contribution is 2.64. The predicted octanol–water partition coefficient (Wildman–Crippen LogP) is 3.36. The molecule has 0 radical (unpaired) electrons. The van der Waals surface area contributed by atoms with Gasteiger partial charge in [0.25, 0.3) is 0 Å². The normalized spacial score (nSPS) is 33.5. The van der Waals surface area contributed by atoms with E-state index >= 15 is 0 Å². The zero-order valence-electron chi connectivity index (χ0n) is 53.0. The van der Waals surface area contributed by atoms with Gasteiger partial charge in [-0.05, 0) is 108 Å². The Bertz CT molecular complexity index is 3610. The molecule has 0 spiro atoms. The molecular weight excluding hydrogens is 1180 g/mol. The number of aryl methyl sites for hydroxylation is 2. The lowest BCUT2D eigenvalue weighted by atomic mass is 9.55. The first-order chi connectivity index (χ1) is 41.9. The molecule has 9 rings (SSSR count). The lowest BCUT2D eigenvalue weighted by Crippen LogP contribution is -2.56. The maximum Gasteiger partial charge on any atom is 0.472 e. The number of aliphatic imine (C=N–C) groups is 3. The summed E-state index contributed by atoms with van der Waals surface area (Å²) in [5.74, 6) is -6.56. The zero-order chi connectivity index (χ0) is 66.3. The van der Waals surface area contributed by atoms with Gasteiger partial charge >= 0.3 is 13.8 Å². The Hall–Kier alpha value is -7.00. The molecule has 0 saturated carbocycles. The fourth-order valence-electron chi connectivity index (χ4n) is 15.8. The second-order valence-electron chi connectivity index (χ2n) is 27.2. The smallest absolute Gasteiger partial charge is 0.452 e. The number of hydrogen-bond donors (Lipinski definition) is 10. The summed E-state index contributed by atoms with van der Waals surface area (Å²) in [4.78, 5) is 127. The maximum atomic E-state index is 14.4. The van der Waals surface area contributed by atoms with Gasteiger partial charge in [-0.25, -0.2) is 9.55 Å². The second kappa shape index (κ2) is 24.2. The summed E-state index contributed by atoms with van der Waals surface area (Å²) in [6.07, 6.45) is -4.61. The van der Waals surface area contributed by atoms with Crippen LogP contribution >= 0.6 is 7.82 Å². The van der Waals surface area contributed by atoms with Crippen LogP contribution in [0, 0.1) is 53.3 Å². The number of aliphatic hydroxyl groups excluding tert-OH is 2. The standard InChI is InChI=1S/C62H87N12O15P/c1-29-20-37-38(21-30(29)2)74(28-69-37)56-51(83)52(39(27-75)86-56)89-90(84,85)88-31(3)26-68-47(81)17-18-58(8)36(22-45(66)79)55-61(11)59(9,24-46(67)80)35(13-15-43(64)77)50(73-61)33(5)54-60(10)25-48(82)87-62(60,19-16-44(65)78)41(71-54)23-40-57(6,7)34(12-14-42(63)76)49(70-40)32(4)53(58)72-55/h20-21,23,28,31,34-36,39,51-52,55-56,71,75,83H,12-19,22,24-27H2,1-11H3,(H2,63,76)(H2,64,77)(H2,65,78)(H2,66,79)(H2,67,80)(H,68,81)(H,84,85)/t31-,34-,35-,36+,39-,51-,52-,55-,56+,58-,59+,60-,61+,62+/m1/s1. The SMILES string of the molecule is CC1=C2N=C(C=C3NC(=C(C)C4=N[C@@](C)([C@@H]5N=C1[C@](C)(CCC(=O)NC[C@@H](C)OP(=O)(O)O[C@H]1[C@@H](O)[C@@H](n6cnc7cc(C)c(C)cc76)O[C@@H]1CO)[C@H]5CC(N)=O)[C@@](C)(CC(N)=O)[C@@H]4CCC(N)=O)[C@@]1(C)CC(=O)O[C@@]31CCC(N)=O)C(C)(C)[C@@H]2CCC(N)=O.